The first kappa shape index (κ1) is 34.2. The molecule has 0 saturated heterocycles. The Morgan fingerprint density at radius 3 is 2.30 bits per heavy atom. The van der Waals surface area contributed by atoms with Gasteiger partial charge in [0.25, 0.3) is 17.7 Å². The second-order valence-corrected chi connectivity index (χ2v) is 10.9. The number of nitrogens with one attached hydrogen (secondary N) is 3. The lowest BCUT2D eigenvalue weighted by Crippen LogP contribution is -2.49. The molecule has 0 radical (unpaired) electrons. The van der Waals surface area contributed by atoms with Gasteiger partial charge in [0.2, 0.25) is 0 Å². The fourth-order valence-corrected chi connectivity index (χ4v) is 4.36. The molecule has 3 amide bonds. The zero-order valence-corrected chi connectivity index (χ0v) is 26.4. The second kappa shape index (κ2) is 17.1. The summed E-state index contributed by atoms with van der Waals surface area (Å²) in [5.41, 5.74) is 3.77. The van der Waals surface area contributed by atoms with Crippen LogP contribution < -0.4 is 30.3 Å². The topological polar surface area (TPSA) is 127 Å². The Balaban J connectivity index is 1.59. The number of halogens is 2. The highest BCUT2D eigenvalue weighted by molar-refractivity contribution is 6.35. The molecule has 0 aliphatic heterocycles. The van der Waals surface area contributed by atoms with Gasteiger partial charge in [0.05, 0.1) is 17.8 Å². The van der Waals surface area contributed by atoms with E-state index in [1.165, 1.54) is 12.3 Å². The second-order valence-electron chi connectivity index (χ2n) is 10.1. The Kier molecular flexibility index (Phi) is 13.3. The summed E-state index contributed by atoms with van der Waals surface area (Å²) in [5.74, 6) is -0.101. The average Bonchev–Trinajstić information content (AvgIpc) is 2.98. The number of anilines is 1. The molecule has 10 nitrogen and oxygen atoms in total. The summed E-state index contributed by atoms with van der Waals surface area (Å²) < 4.78 is 17.0. The SMILES string of the molecule is CCOc1cc(/C=N\NC(=O)[C@@H](CC(C)C)NC(=O)[C@H](C)Oc2ccc(Cl)cc2Cl)ccc1OCC(=O)Nc1ccccc1. The molecular formula is C32H36Cl2N4O6. The summed E-state index contributed by atoms with van der Waals surface area (Å²) in [6.45, 7) is 7.42. The molecule has 12 heteroatoms. The van der Waals surface area contributed by atoms with E-state index in [0.29, 0.717) is 46.5 Å². The molecule has 0 aliphatic carbocycles. The lowest BCUT2D eigenvalue weighted by molar-refractivity contribution is -0.132. The number of rotatable bonds is 15. The number of para-hydroxylation sites is 1. The van der Waals surface area contributed by atoms with Crippen molar-refractivity contribution < 1.29 is 28.6 Å². The largest absolute Gasteiger partial charge is 0.490 e. The van der Waals surface area contributed by atoms with Crippen LogP contribution in [0.25, 0.3) is 0 Å². The zero-order valence-electron chi connectivity index (χ0n) is 24.9. The molecule has 3 aromatic rings. The zero-order chi connectivity index (χ0) is 32.1. The maximum absolute atomic E-state index is 13.0. The third-order valence-electron chi connectivity index (χ3n) is 5.98. The maximum Gasteiger partial charge on any atom is 0.262 e. The summed E-state index contributed by atoms with van der Waals surface area (Å²) in [6, 6.07) is 17.9. The van der Waals surface area contributed by atoms with Gasteiger partial charge in [0.15, 0.2) is 24.2 Å². The highest BCUT2D eigenvalue weighted by atomic mass is 35.5. The number of carbonyl (C=O) groups excluding carboxylic acids is 3. The van der Waals surface area contributed by atoms with Crippen LogP contribution in [0.1, 0.15) is 39.7 Å². The van der Waals surface area contributed by atoms with Gasteiger partial charge in [-0.15, -0.1) is 0 Å². The van der Waals surface area contributed by atoms with Gasteiger partial charge >= 0.3 is 0 Å². The number of carbonyl (C=O) groups is 3. The smallest absolute Gasteiger partial charge is 0.262 e. The van der Waals surface area contributed by atoms with Crippen LogP contribution in [-0.4, -0.2) is 49.3 Å². The van der Waals surface area contributed by atoms with Crippen molar-refractivity contribution in [3.05, 3.63) is 82.3 Å². The van der Waals surface area contributed by atoms with Crippen LogP contribution in [0, 0.1) is 5.92 Å². The summed E-state index contributed by atoms with van der Waals surface area (Å²) >= 11 is 12.1. The van der Waals surface area contributed by atoms with Gasteiger partial charge in [-0.05, 0) is 80.3 Å². The van der Waals surface area contributed by atoms with Crippen LogP contribution in [0.4, 0.5) is 5.69 Å². The molecule has 0 heterocycles. The highest BCUT2D eigenvalue weighted by Gasteiger charge is 2.25. The Bertz CT molecular complexity index is 1450. The van der Waals surface area contributed by atoms with E-state index >= 15 is 0 Å². The molecule has 0 aromatic heterocycles. The predicted molar refractivity (Wildman–Crippen MR) is 172 cm³/mol. The monoisotopic (exact) mass is 642 g/mol. The lowest BCUT2D eigenvalue weighted by Gasteiger charge is -2.22. The van der Waals surface area contributed by atoms with E-state index in [0.717, 1.165) is 0 Å². The third kappa shape index (κ3) is 11.1. The number of amides is 3. The van der Waals surface area contributed by atoms with Gasteiger partial charge in [0.1, 0.15) is 11.8 Å². The maximum atomic E-state index is 13.0. The summed E-state index contributed by atoms with van der Waals surface area (Å²) in [4.78, 5) is 38.1. The summed E-state index contributed by atoms with van der Waals surface area (Å²) in [5, 5.41) is 10.3. The summed E-state index contributed by atoms with van der Waals surface area (Å²) in [7, 11) is 0. The normalized spacial score (nSPS) is 12.3. The van der Waals surface area contributed by atoms with Gasteiger partial charge in [-0.25, -0.2) is 5.43 Å². The molecule has 0 aliphatic rings. The van der Waals surface area contributed by atoms with Gasteiger partial charge in [-0.2, -0.15) is 5.10 Å². The number of ether oxygens (including phenoxy) is 3. The molecule has 234 valence electrons. The van der Waals surface area contributed by atoms with E-state index in [-0.39, 0.29) is 23.5 Å². The van der Waals surface area contributed by atoms with Crippen LogP contribution >= 0.6 is 23.2 Å². The van der Waals surface area contributed by atoms with E-state index in [2.05, 4.69) is 21.2 Å². The first-order valence-electron chi connectivity index (χ1n) is 14.0. The fourth-order valence-electron chi connectivity index (χ4n) is 3.91. The van der Waals surface area contributed by atoms with E-state index < -0.39 is 24.0 Å². The summed E-state index contributed by atoms with van der Waals surface area (Å²) in [6.07, 6.45) is 0.885. The molecule has 0 fully saturated rings. The number of hydrogen-bond donors (Lipinski definition) is 3. The number of benzene rings is 3. The number of hydrogen-bond acceptors (Lipinski definition) is 7. The Morgan fingerprint density at radius 2 is 1.61 bits per heavy atom. The van der Waals surface area contributed by atoms with Gasteiger partial charge in [-0.1, -0.05) is 55.2 Å². The van der Waals surface area contributed by atoms with Crippen molar-refractivity contribution in [2.45, 2.75) is 46.3 Å². The number of nitrogens with zero attached hydrogens (tertiary/aromatic N) is 1. The molecule has 44 heavy (non-hydrogen) atoms. The van der Waals surface area contributed by atoms with Crippen molar-refractivity contribution in [2.75, 3.05) is 18.5 Å². The van der Waals surface area contributed by atoms with Crippen molar-refractivity contribution >= 4 is 52.8 Å². The van der Waals surface area contributed by atoms with E-state index in [1.807, 2.05) is 39.0 Å². The molecule has 0 bridgehead atoms. The molecule has 0 saturated carbocycles. The van der Waals surface area contributed by atoms with E-state index in [9.17, 15) is 14.4 Å². The quantitative estimate of drug-likeness (QED) is 0.141. The van der Waals surface area contributed by atoms with Crippen LogP contribution in [0.15, 0.2) is 71.8 Å². The molecule has 3 aromatic carbocycles. The number of hydrazone groups is 1. The van der Waals surface area contributed by atoms with Crippen LogP contribution in [0.5, 0.6) is 17.2 Å². The third-order valence-corrected chi connectivity index (χ3v) is 6.51. The first-order valence-corrected chi connectivity index (χ1v) is 14.8. The van der Waals surface area contributed by atoms with Crippen molar-refractivity contribution in [3.8, 4) is 17.2 Å². The lowest BCUT2D eigenvalue weighted by atomic mass is 10.0. The Morgan fingerprint density at radius 1 is 0.886 bits per heavy atom. The molecule has 2 atom stereocenters. The van der Waals surface area contributed by atoms with Crippen LogP contribution in [0.3, 0.4) is 0 Å². The van der Waals surface area contributed by atoms with E-state index in [4.69, 9.17) is 37.4 Å². The van der Waals surface area contributed by atoms with Gasteiger partial charge in [-0.3, -0.25) is 14.4 Å². The minimum Gasteiger partial charge on any atom is -0.490 e. The minimum absolute atomic E-state index is 0.105. The molecule has 0 unspecified atom stereocenters. The molecule has 3 N–H and O–H groups in total. The van der Waals surface area contributed by atoms with Gasteiger partial charge < -0.3 is 24.8 Å². The minimum atomic E-state index is -0.929. The van der Waals surface area contributed by atoms with Gasteiger partial charge in [0, 0.05) is 10.7 Å². The van der Waals surface area contributed by atoms with Crippen molar-refractivity contribution in [2.24, 2.45) is 11.0 Å². The average molecular weight is 644 g/mol. The molecular weight excluding hydrogens is 607 g/mol. The first-order chi connectivity index (χ1) is 21.0. The van der Waals surface area contributed by atoms with Crippen molar-refractivity contribution in [1.82, 2.24) is 10.7 Å². The molecule has 0 spiro atoms. The highest BCUT2D eigenvalue weighted by Crippen LogP contribution is 2.29. The van der Waals surface area contributed by atoms with Crippen LogP contribution in [0.2, 0.25) is 10.0 Å². The van der Waals surface area contributed by atoms with Crippen molar-refractivity contribution in [1.29, 1.82) is 0 Å². The Hall–Kier alpha value is -4.28. The molecule has 3 rings (SSSR count). The van der Waals surface area contributed by atoms with Crippen molar-refractivity contribution in [3.63, 3.8) is 0 Å². The van der Waals surface area contributed by atoms with Crippen LogP contribution in [-0.2, 0) is 14.4 Å². The Labute approximate surface area is 267 Å². The fraction of sp³-hybridized carbons (Fsp3) is 0.312. The standard InChI is InChI=1S/C32H36Cl2N4O6/c1-5-42-29-16-22(11-13-28(29)43-19-30(39)36-24-9-7-6-8-10-24)18-35-38-32(41)26(15-20(2)3)37-31(40)21(4)44-27-14-12-23(33)17-25(27)34/h6-14,16-18,20-21,26H,5,15,19H2,1-4H3,(H,36,39)(H,37,40)(H,38,41)/b35-18-/t21-,26+/m0/s1. The predicted octanol–water partition coefficient (Wildman–Crippen LogP) is 5.86. The van der Waals surface area contributed by atoms with E-state index in [1.54, 1.807) is 49.4 Å².